The molecule has 4 nitrogen and oxygen atoms in total. The largest absolute Gasteiger partial charge is 0.338 e. The molecule has 0 spiro atoms. The van der Waals surface area contributed by atoms with Crippen LogP contribution in [0, 0.1) is 5.82 Å². The topological polar surface area (TPSA) is 53.2 Å². The highest BCUT2D eigenvalue weighted by Crippen LogP contribution is 2.31. The van der Waals surface area contributed by atoms with Crippen LogP contribution in [0.3, 0.4) is 0 Å². The summed E-state index contributed by atoms with van der Waals surface area (Å²) in [5.41, 5.74) is 1.34. The van der Waals surface area contributed by atoms with Crippen molar-refractivity contribution in [2.24, 2.45) is 0 Å². The van der Waals surface area contributed by atoms with Gasteiger partial charge in [-0.1, -0.05) is 24.3 Å². The van der Waals surface area contributed by atoms with E-state index < -0.39 is 5.82 Å². The summed E-state index contributed by atoms with van der Waals surface area (Å²) in [4.78, 5) is 29.1. The molecule has 1 fully saturated rings. The summed E-state index contributed by atoms with van der Waals surface area (Å²) >= 11 is 0. The number of aromatic amines is 1. The Kier molecular flexibility index (Phi) is 3.84. The van der Waals surface area contributed by atoms with Crippen LogP contribution in [0.1, 0.15) is 28.3 Å². The smallest absolute Gasteiger partial charge is 0.255 e. The molecule has 1 aromatic heterocycles. The fourth-order valence-electron chi connectivity index (χ4n) is 3.55. The van der Waals surface area contributed by atoms with Gasteiger partial charge in [-0.2, -0.15) is 0 Å². The first-order chi connectivity index (χ1) is 12.1. The van der Waals surface area contributed by atoms with Gasteiger partial charge in [0.2, 0.25) is 0 Å². The lowest BCUT2D eigenvalue weighted by atomic mass is 9.95. The SMILES string of the molecule is O=C(c1ccccc1)N1CCC(c2c[nH]c(=O)c3cc(F)ccc23)C1. The van der Waals surface area contributed by atoms with Crippen molar-refractivity contribution in [1.29, 1.82) is 0 Å². The maximum atomic E-state index is 13.5. The molecule has 1 saturated heterocycles. The zero-order valence-corrected chi connectivity index (χ0v) is 13.5. The number of nitrogens with zero attached hydrogens (tertiary/aromatic N) is 1. The number of likely N-dealkylation sites (tertiary alicyclic amines) is 1. The summed E-state index contributed by atoms with van der Waals surface area (Å²) in [6.45, 7) is 1.26. The minimum Gasteiger partial charge on any atom is -0.338 e. The molecule has 1 aliphatic heterocycles. The number of hydrogen-bond acceptors (Lipinski definition) is 2. The number of amides is 1. The molecule has 0 radical (unpaired) electrons. The van der Waals surface area contributed by atoms with Gasteiger partial charge >= 0.3 is 0 Å². The van der Waals surface area contributed by atoms with E-state index in [2.05, 4.69) is 4.98 Å². The fourth-order valence-corrected chi connectivity index (χ4v) is 3.55. The summed E-state index contributed by atoms with van der Waals surface area (Å²) in [6.07, 6.45) is 2.51. The molecular formula is C20H17FN2O2. The molecule has 4 rings (SSSR count). The number of fused-ring (bicyclic) bond motifs is 1. The Morgan fingerprint density at radius 1 is 1.12 bits per heavy atom. The molecule has 0 bridgehead atoms. The Labute approximate surface area is 143 Å². The van der Waals surface area contributed by atoms with Gasteiger partial charge in [-0.15, -0.1) is 0 Å². The molecule has 1 aliphatic rings. The Balaban J connectivity index is 1.64. The molecule has 126 valence electrons. The second-order valence-electron chi connectivity index (χ2n) is 6.37. The van der Waals surface area contributed by atoms with Crippen molar-refractivity contribution in [3.8, 4) is 0 Å². The molecule has 1 atom stereocenters. The number of halogens is 1. The first kappa shape index (κ1) is 15.6. The summed E-state index contributed by atoms with van der Waals surface area (Å²) in [5.74, 6) is -0.289. The first-order valence-corrected chi connectivity index (χ1v) is 8.28. The molecule has 2 heterocycles. The Bertz CT molecular complexity index is 997. The standard InChI is InChI=1S/C20H17FN2O2/c21-15-6-7-16-17(10-15)19(24)22-11-18(16)14-8-9-23(12-14)20(25)13-4-2-1-3-5-13/h1-7,10-11,14H,8-9,12H2,(H,22,24). The van der Waals surface area contributed by atoms with Crippen LogP contribution in [0.2, 0.25) is 0 Å². The van der Waals surface area contributed by atoms with Crippen molar-refractivity contribution in [1.82, 2.24) is 9.88 Å². The molecule has 2 aromatic carbocycles. The van der Waals surface area contributed by atoms with Crippen LogP contribution in [0.4, 0.5) is 4.39 Å². The summed E-state index contributed by atoms with van der Waals surface area (Å²) in [5, 5.41) is 1.11. The van der Waals surface area contributed by atoms with E-state index in [1.807, 2.05) is 35.2 Å². The van der Waals surface area contributed by atoms with Gasteiger partial charge in [-0.3, -0.25) is 9.59 Å². The molecule has 0 aliphatic carbocycles. The van der Waals surface area contributed by atoms with E-state index in [9.17, 15) is 14.0 Å². The number of nitrogens with one attached hydrogen (secondary N) is 1. The van der Waals surface area contributed by atoms with Crippen LogP contribution >= 0.6 is 0 Å². The number of rotatable bonds is 2. The van der Waals surface area contributed by atoms with Crippen molar-refractivity contribution in [2.45, 2.75) is 12.3 Å². The van der Waals surface area contributed by atoms with Crippen LogP contribution in [-0.4, -0.2) is 28.9 Å². The fraction of sp³-hybridized carbons (Fsp3) is 0.200. The van der Waals surface area contributed by atoms with E-state index in [0.29, 0.717) is 24.0 Å². The average Bonchev–Trinajstić information content (AvgIpc) is 3.12. The van der Waals surface area contributed by atoms with Gasteiger partial charge in [0.05, 0.1) is 5.39 Å². The normalized spacial score (nSPS) is 17.2. The van der Waals surface area contributed by atoms with Gasteiger partial charge in [0.15, 0.2) is 0 Å². The number of carbonyl (C=O) groups excluding carboxylic acids is 1. The first-order valence-electron chi connectivity index (χ1n) is 8.28. The molecule has 1 amide bonds. The van der Waals surface area contributed by atoms with Crippen molar-refractivity contribution in [3.63, 3.8) is 0 Å². The number of aromatic nitrogens is 1. The Hall–Kier alpha value is -2.95. The maximum absolute atomic E-state index is 13.5. The van der Waals surface area contributed by atoms with Crippen molar-refractivity contribution in [2.75, 3.05) is 13.1 Å². The highest BCUT2D eigenvalue weighted by molar-refractivity contribution is 5.94. The molecule has 1 unspecified atom stereocenters. The van der Waals surface area contributed by atoms with E-state index in [-0.39, 0.29) is 17.4 Å². The highest BCUT2D eigenvalue weighted by atomic mass is 19.1. The lowest BCUT2D eigenvalue weighted by molar-refractivity contribution is 0.0791. The summed E-state index contributed by atoms with van der Waals surface area (Å²) in [6, 6.07) is 13.5. The highest BCUT2D eigenvalue weighted by Gasteiger charge is 2.29. The van der Waals surface area contributed by atoms with E-state index >= 15 is 0 Å². The van der Waals surface area contributed by atoms with Gasteiger partial charge in [0.1, 0.15) is 5.82 Å². The van der Waals surface area contributed by atoms with E-state index in [1.54, 1.807) is 12.3 Å². The van der Waals surface area contributed by atoms with Crippen molar-refractivity contribution < 1.29 is 9.18 Å². The number of benzene rings is 2. The average molecular weight is 336 g/mol. The molecule has 5 heteroatoms. The van der Waals surface area contributed by atoms with Crippen LogP contribution in [0.25, 0.3) is 10.8 Å². The lowest BCUT2D eigenvalue weighted by Crippen LogP contribution is -2.28. The third kappa shape index (κ3) is 2.82. The van der Waals surface area contributed by atoms with Crippen LogP contribution in [0.15, 0.2) is 59.5 Å². The summed E-state index contributed by atoms with van der Waals surface area (Å²) in [7, 11) is 0. The zero-order chi connectivity index (χ0) is 17.4. The molecule has 3 aromatic rings. The second-order valence-corrected chi connectivity index (χ2v) is 6.37. The number of H-pyrrole nitrogens is 1. The predicted molar refractivity (Wildman–Crippen MR) is 94.2 cm³/mol. The number of carbonyl (C=O) groups is 1. The van der Waals surface area contributed by atoms with E-state index in [0.717, 1.165) is 17.4 Å². The van der Waals surface area contributed by atoms with E-state index in [1.165, 1.54) is 12.1 Å². The zero-order valence-electron chi connectivity index (χ0n) is 13.5. The van der Waals surface area contributed by atoms with Gasteiger partial charge in [-0.05, 0) is 41.6 Å². The quantitative estimate of drug-likeness (QED) is 0.781. The van der Waals surface area contributed by atoms with Gasteiger partial charge in [0.25, 0.3) is 11.5 Å². The summed E-state index contributed by atoms with van der Waals surface area (Å²) < 4.78 is 13.5. The second kappa shape index (κ2) is 6.16. The van der Waals surface area contributed by atoms with Crippen molar-refractivity contribution >= 4 is 16.7 Å². The predicted octanol–water partition coefficient (Wildman–Crippen LogP) is 3.30. The number of pyridine rings is 1. The van der Waals surface area contributed by atoms with Crippen molar-refractivity contribution in [3.05, 3.63) is 82.0 Å². The molecule has 0 saturated carbocycles. The Morgan fingerprint density at radius 3 is 2.72 bits per heavy atom. The molecule has 25 heavy (non-hydrogen) atoms. The maximum Gasteiger partial charge on any atom is 0.255 e. The Morgan fingerprint density at radius 2 is 1.92 bits per heavy atom. The van der Waals surface area contributed by atoms with Gasteiger partial charge in [-0.25, -0.2) is 4.39 Å². The van der Waals surface area contributed by atoms with Crippen LogP contribution in [0.5, 0.6) is 0 Å². The monoisotopic (exact) mass is 336 g/mol. The minimum atomic E-state index is -0.428. The van der Waals surface area contributed by atoms with Crippen LogP contribution < -0.4 is 5.56 Å². The lowest BCUT2D eigenvalue weighted by Gasteiger charge is -2.17. The third-order valence-corrected chi connectivity index (χ3v) is 4.83. The third-order valence-electron chi connectivity index (χ3n) is 4.83. The molecular weight excluding hydrogens is 319 g/mol. The van der Waals surface area contributed by atoms with Crippen LogP contribution in [-0.2, 0) is 0 Å². The van der Waals surface area contributed by atoms with Gasteiger partial charge in [0, 0.05) is 30.8 Å². The minimum absolute atomic E-state index is 0.0166. The van der Waals surface area contributed by atoms with E-state index in [4.69, 9.17) is 0 Å². The number of hydrogen-bond donors (Lipinski definition) is 1. The molecule has 1 N–H and O–H groups in total. The van der Waals surface area contributed by atoms with Gasteiger partial charge < -0.3 is 9.88 Å².